The van der Waals surface area contributed by atoms with Crippen LogP contribution in [0.5, 0.6) is 0 Å². The largest absolute Gasteiger partial charge is 0.398 e. The quantitative estimate of drug-likeness (QED) is 0.208. The predicted octanol–water partition coefficient (Wildman–Crippen LogP) is 4.53. The fraction of sp³-hybridized carbons (Fsp3) is 0.379. The lowest BCUT2D eigenvalue weighted by atomic mass is 9.98. The molecule has 0 amide bonds. The van der Waals surface area contributed by atoms with E-state index in [4.69, 9.17) is 11.1 Å². The van der Waals surface area contributed by atoms with Crippen molar-refractivity contribution in [2.24, 2.45) is 0 Å². The summed E-state index contributed by atoms with van der Waals surface area (Å²) < 4.78 is 0. The van der Waals surface area contributed by atoms with Gasteiger partial charge in [-0.2, -0.15) is 11.3 Å². The van der Waals surface area contributed by atoms with Crippen molar-refractivity contribution < 1.29 is 4.79 Å². The van der Waals surface area contributed by atoms with Gasteiger partial charge in [-0.15, -0.1) is 0 Å². The third kappa shape index (κ3) is 6.57. The van der Waals surface area contributed by atoms with Gasteiger partial charge in [0.25, 0.3) is 0 Å². The zero-order chi connectivity index (χ0) is 26.2. The standard InChI is InChI=1S/C19H25N5.C10H13NOS/c1-13-11-14(3-6-18(13)24-9-7-23-8-10-24)19(21)16-12-15(22-2)4-5-17(16)20;12-7-10(9-3-6-13-8-9)11-4-1-2-5-11/h3-6,11-12,21-23H,7-10,20H2,1-2H3;3,6-8,10H,1-2,4-5H2. The number of piperazine rings is 1. The number of aldehydes is 1. The number of carbonyl (C=O) groups excluding carboxylic acids is 1. The van der Waals surface area contributed by atoms with Gasteiger partial charge in [0.05, 0.1) is 11.8 Å². The number of hydrogen-bond acceptors (Lipinski definition) is 8. The molecular weight excluding hydrogens is 480 g/mol. The van der Waals surface area contributed by atoms with E-state index < -0.39 is 0 Å². The van der Waals surface area contributed by atoms with Crippen molar-refractivity contribution in [3.8, 4) is 0 Å². The molecule has 1 atom stereocenters. The summed E-state index contributed by atoms with van der Waals surface area (Å²) in [6, 6.07) is 14.0. The van der Waals surface area contributed by atoms with Crippen LogP contribution in [0.15, 0.2) is 53.2 Å². The molecule has 7 nitrogen and oxygen atoms in total. The van der Waals surface area contributed by atoms with Crippen molar-refractivity contribution in [3.63, 3.8) is 0 Å². The minimum absolute atomic E-state index is 0.00810. The highest BCUT2D eigenvalue weighted by atomic mass is 32.1. The van der Waals surface area contributed by atoms with E-state index in [1.54, 1.807) is 11.3 Å². The molecule has 196 valence electrons. The summed E-state index contributed by atoms with van der Waals surface area (Å²) in [5.74, 6) is 0. The van der Waals surface area contributed by atoms with Crippen LogP contribution in [0.4, 0.5) is 17.1 Å². The average molecular weight is 519 g/mol. The number of nitrogens with one attached hydrogen (secondary N) is 3. The fourth-order valence-corrected chi connectivity index (χ4v) is 5.68. The van der Waals surface area contributed by atoms with Gasteiger partial charge in [-0.1, -0.05) is 6.07 Å². The van der Waals surface area contributed by atoms with Crippen molar-refractivity contribution >= 4 is 40.4 Å². The Bertz CT molecular complexity index is 1180. The lowest BCUT2D eigenvalue weighted by molar-refractivity contribution is -0.112. The molecule has 37 heavy (non-hydrogen) atoms. The summed E-state index contributed by atoms with van der Waals surface area (Å²) >= 11 is 1.66. The Kier molecular flexibility index (Phi) is 9.33. The smallest absolute Gasteiger partial charge is 0.141 e. The Morgan fingerprint density at radius 3 is 2.49 bits per heavy atom. The summed E-state index contributed by atoms with van der Waals surface area (Å²) in [5, 5.41) is 19.1. The Hall–Kier alpha value is -3.20. The average Bonchev–Trinajstić information content (AvgIpc) is 3.66. The number of aryl methyl sites for hydroxylation is 1. The van der Waals surface area contributed by atoms with Crippen LogP contribution in [-0.2, 0) is 4.79 Å². The topological polar surface area (TPSA) is 97.5 Å². The number of anilines is 3. The third-order valence-electron chi connectivity index (χ3n) is 7.10. The second-order valence-electron chi connectivity index (χ2n) is 9.55. The number of carbonyl (C=O) groups is 1. The molecule has 2 saturated heterocycles. The van der Waals surface area contributed by atoms with E-state index in [0.29, 0.717) is 11.4 Å². The van der Waals surface area contributed by atoms with Gasteiger partial charge >= 0.3 is 0 Å². The van der Waals surface area contributed by atoms with E-state index in [-0.39, 0.29) is 6.04 Å². The van der Waals surface area contributed by atoms with Crippen LogP contribution in [0.1, 0.15) is 41.1 Å². The number of hydrogen-bond donors (Lipinski definition) is 4. The lowest BCUT2D eigenvalue weighted by Gasteiger charge is -2.31. The molecular formula is C29H38N6OS. The van der Waals surface area contributed by atoms with Crippen LogP contribution >= 0.6 is 11.3 Å². The van der Waals surface area contributed by atoms with Crippen molar-refractivity contribution in [2.45, 2.75) is 25.8 Å². The molecule has 1 aromatic heterocycles. The van der Waals surface area contributed by atoms with Gasteiger partial charge in [0.15, 0.2) is 0 Å². The maximum absolute atomic E-state index is 11.0. The number of likely N-dealkylation sites (tertiary alicyclic amines) is 1. The molecule has 5 N–H and O–H groups in total. The first-order valence-corrected chi connectivity index (χ1v) is 13.9. The first-order chi connectivity index (χ1) is 18.0. The number of nitrogens with zero attached hydrogens (tertiary/aromatic N) is 2. The molecule has 0 aliphatic carbocycles. The second kappa shape index (κ2) is 12.9. The second-order valence-corrected chi connectivity index (χ2v) is 10.3. The zero-order valence-corrected chi connectivity index (χ0v) is 22.6. The Morgan fingerprint density at radius 1 is 1.11 bits per heavy atom. The minimum atomic E-state index is 0.00810. The maximum atomic E-state index is 11.0. The third-order valence-corrected chi connectivity index (χ3v) is 7.80. The van der Waals surface area contributed by atoms with E-state index in [9.17, 15) is 4.79 Å². The molecule has 2 aromatic carbocycles. The van der Waals surface area contributed by atoms with Gasteiger partial charge < -0.3 is 26.1 Å². The summed E-state index contributed by atoms with van der Waals surface area (Å²) in [4.78, 5) is 15.6. The van der Waals surface area contributed by atoms with E-state index in [1.165, 1.54) is 24.1 Å². The molecule has 0 saturated carbocycles. The minimum Gasteiger partial charge on any atom is -0.398 e. The van der Waals surface area contributed by atoms with Crippen LogP contribution in [0.3, 0.4) is 0 Å². The van der Waals surface area contributed by atoms with Gasteiger partial charge in [0.2, 0.25) is 0 Å². The molecule has 0 bridgehead atoms. The highest BCUT2D eigenvalue weighted by molar-refractivity contribution is 7.08. The molecule has 0 spiro atoms. The fourth-order valence-electron chi connectivity index (χ4n) is 4.99. The van der Waals surface area contributed by atoms with Crippen LogP contribution in [0.2, 0.25) is 0 Å². The van der Waals surface area contributed by atoms with Crippen LogP contribution in [0, 0.1) is 12.3 Å². The van der Waals surface area contributed by atoms with Gasteiger partial charge in [0, 0.05) is 61.4 Å². The van der Waals surface area contributed by atoms with Crippen molar-refractivity contribution in [2.75, 3.05) is 62.3 Å². The molecule has 3 heterocycles. The van der Waals surface area contributed by atoms with E-state index in [0.717, 1.165) is 67.9 Å². The molecule has 2 fully saturated rings. The summed E-state index contributed by atoms with van der Waals surface area (Å²) in [5.41, 5.74) is 13.4. The van der Waals surface area contributed by atoms with Crippen molar-refractivity contribution in [1.82, 2.24) is 10.2 Å². The molecule has 3 aromatic rings. The number of benzene rings is 2. The lowest BCUT2D eigenvalue weighted by Crippen LogP contribution is -2.43. The van der Waals surface area contributed by atoms with Crippen LogP contribution in [-0.4, -0.2) is 63.2 Å². The number of nitrogens with two attached hydrogens (primary N) is 1. The van der Waals surface area contributed by atoms with Crippen molar-refractivity contribution in [1.29, 1.82) is 5.41 Å². The summed E-state index contributed by atoms with van der Waals surface area (Å²) in [6.45, 7) is 8.33. The monoisotopic (exact) mass is 518 g/mol. The van der Waals surface area contributed by atoms with Crippen molar-refractivity contribution in [3.05, 3.63) is 75.5 Å². The molecule has 8 heteroatoms. The highest BCUT2D eigenvalue weighted by Gasteiger charge is 2.22. The van der Waals surface area contributed by atoms with Gasteiger partial charge in [0.1, 0.15) is 6.29 Å². The highest BCUT2D eigenvalue weighted by Crippen LogP contribution is 2.26. The molecule has 2 aliphatic rings. The first-order valence-electron chi connectivity index (χ1n) is 13.0. The van der Waals surface area contributed by atoms with E-state index >= 15 is 0 Å². The Balaban J connectivity index is 0.000000207. The van der Waals surface area contributed by atoms with Crippen LogP contribution in [0.25, 0.3) is 0 Å². The zero-order valence-electron chi connectivity index (χ0n) is 21.8. The molecule has 2 aliphatic heterocycles. The van der Waals surface area contributed by atoms with E-state index in [1.807, 2.05) is 42.8 Å². The number of nitrogen functional groups attached to an aromatic ring is 1. The summed E-state index contributed by atoms with van der Waals surface area (Å²) in [7, 11) is 1.87. The maximum Gasteiger partial charge on any atom is 0.141 e. The first kappa shape index (κ1) is 26.9. The predicted molar refractivity (Wildman–Crippen MR) is 157 cm³/mol. The van der Waals surface area contributed by atoms with Gasteiger partial charge in [-0.05, 0) is 91.1 Å². The molecule has 5 rings (SSSR count). The summed E-state index contributed by atoms with van der Waals surface area (Å²) in [6.07, 6.45) is 3.52. The normalized spacial score (nSPS) is 16.5. The molecule has 1 unspecified atom stereocenters. The number of rotatable bonds is 7. The van der Waals surface area contributed by atoms with Gasteiger partial charge in [-0.25, -0.2) is 0 Å². The number of thiophene rings is 1. The Morgan fingerprint density at radius 2 is 1.86 bits per heavy atom. The molecule has 0 radical (unpaired) electrons. The van der Waals surface area contributed by atoms with Crippen LogP contribution < -0.4 is 21.3 Å². The van der Waals surface area contributed by atoms with E-state index in [2.05, 4.69) is 44.9 Å². The SMILES string of the molecule is CNc1ccc(N)c(C(=N)c2ccc(N3CCNCC3)c(C)c2)c1.O=CC(c1ccsc1)N1CCCC1. The Labute approximate surface area is 224 Å². The van der Waals surface area contributed by atoms with Gasteiger partial charge in [-0.3, -0.25) is 10.3 Å².